The van der Waals surface area contributed by atoms with Crippen molar-refractivity contribution >= 4 is 17.5 Å². The van der Waals surface area contributed by atoms with Gasteiger partial charge in [0.15, 0.2) is 0 Å². The topological polar surface area (TPSA) is 61.4 Å². The van der Waals surface area contributed by atoms with Gasteiger partial charge in [-0.25, -0.2) is 0 Å². The molecule has 27 heavy (non-hydrogen) atoms. The number of likely N-dealkylation sites (N-methyl/N-ethyl adjacent to an activating group) is 1. The Morgan fingerprint density at radius 3 is 1.89 bits per heavy atom. The summed E-state index contributed by atoms with van der Waals surface area (Å²) in [6.45, 7) is 1.21. The molecule has 2 amide bonds. The molecular weight excluding hydrogens is 359 g/mol. The monoisotopic (exact) mass is 379 g/mol. The minimum absolute atomic E-state index is 0.244. The average molecular weight is 379 g/mol. The van der Waals surface area contributed by atoms with Crippen LogP contribution in [0, 0.1) is 0 Å². The van der Waals surface area contributed by atoms with Crippen LogP contribution in [-0.2, 0) is 6.18 Å². The van der Waals surface area contributed by atoms with E-state index in [2.05, 4.69) is 10.6 Å². The molecular formula is C19H20F3N3O2. The van der Waals surface area contributed by atoms with E-state index in [-0.39, 0.29) is 11.6 Å². The Balaban J connectivity index is 1.96. The van der Waals surface area contributed by atoms with Crippen LogP contribution in [0.4, 0.5) is 18.9 Å². The molecule has 0 bridgehead atoms. The van der Waals surface area contributed by atoms with Crippen molar-refractivity contribution in [1.82, 2.24) is 10.2 Å². The van der Waals surface area contributed by atoms with Crippen molar-refractivity contribution in [3.05, 3.63) is 65.2 Å². The first-order chi connectivity index (χ1) is 12.7. The fourth-order valence-corrected chi connectivity index (χ4v) is 2.21. The number of amides is 2. The second-order valence-electron chi connectivity index (χ2n) is 6.17. The first-order valence-electron chi connectivity index (χ1n) is 8.18. The van der Waals surface area contributed by atoms with Crippen LogP contribution in [0.25, 0.3) is 0 Å². The Morgan fingerprint density at radius 2 is 1.41 bits per heavy atom. The molecule has 0 spiro atoms. The summed E-state index contributed by atoms with van der Waals surface area (Å²) in [7, 11) is 3.80. The van der Waals surface area contributed by atoms with E-state index in [9.17, 15) is 22.8 Å². The zero-order valence-electron chi connectivity index (χ0n) is 14.9. The van der Waals surface area contributed by atoms with Crippen molar-refractivity contribution < 1.29 is 22.8 Å². The number of benzene rings is 2. The quantitative estimate of drug-likeness (QED) is 0.810. The molecule has 0 saturated carbocycles. The number of alkyl halides is 3. The molecule has 0 saturated heterocycles. The van der Waals surface area contributed by atoms with Crippen LogP contribution < -0.4 is 10.6 Å². The van der Waals surface area contributed by atoms with Gasteiger partial charge in [0.1, 0.15) is 0 Å². The lowest BCUT2D eigenvalue weighted by Crippen LogP contribution is -2.31. The van der Waals surface area contributed by atoms with Gasteiger partial charge >= 0.3 is 6.18 Å². The molecule has 0 atom stereocenters. The van der Waals surface area contributed by atoms with E-state index in [4.69, 9.17) is 0 Å². The van der Waals surface area contributed by atoms with E-state index in [0.717, 1.165) is 12.1 Å². The highest BCUT2D eigenvalue weighted by Gasteiger charge is 2.30. The van der Waals surface area contributed by atoms with Crippen LogP contribution in [0.3, 0.4) is 0 Å². The zero-order chi connectivity index (χ0) is 20.0. The van der Waals surface area contributed by atoms with Crippen molar-refractivity contribution in [3.63, 3.8) is 0 Å². The lowest BCUT2D eigenvalue weighted by molar-refractivity contribution is -0.137. The van der Waals surface area contributed by atoms with Gasteiger partial charge in [-0.15, -0.1) is 0 Å². The summed E-state index contributed by atoms with van der Waals surface area (Å²) in [5, 5.41) is 5.28. The third-order valence-electron chi connectivity index (χ3n) is 3.72. The predicted molar refractivity (Wildman–Crippen MR) is 96.7 cm³/mol. The van der Waals surface area contributed by atoms with Gasteiger partial charge in [0.25, 0.3) is 11.8 Å². The number of carbonyl (C=O) groups excluding carboxylic acids is 2. The fraction of sp³-hybridized carbons (Fsp3) is 0.263. The second kappa shape index (κ2) is 8.68. The lowest BCUT2D eigenvalue weighted by Gasteiger charge is -2.11. The summed E-state index contributed by atoms with van der Waals surface area (Å²) in [6, 6.07) is 10.2. The summed E-state index contributed by atoms with van der Waals surface area (Å²) < 4.78 is 37.6. The van der Waals surface area contributed by atoms with Crippen LogP contribution in [0.1, 0.15) is 26.3 Å². The molecule has 0 unspecified atom stereocenters. The number of nitrogens with one attached hydrogen (secondary N) is 2. The highest BCUT2D eigenvalue weighted by molar-refractivity contribution is 6.05. The highest BCUT2D eigenvalue weighted by atomic mass is 19.4. The third kappa shape index (κ3) is 6.10. The molecule has 0 aliphatic rings. The largest absolute Gasteiger partial charge is 0.416 e. The first-order valence-corrected chi connectivity index (χ1v) is 8.18. The summed E-state index contributed by atoms with van der Waals surface area (Å²) in [6.07, 6.45) is -4.43. The molecule has 2 N–H and O–H groups in total. The Bertz CT molecular complexity index is 785. The van der Waals surface area contributed by atoms with Crippen molar-refractivity contribution in [2.75, 3.05) is 32.5 Å². The molecule has 0 aromatic heterocycles. The van der Waals surface area contributed by atoms with Gasteiger partial charge in [-0.3, -0.25) is 9.59 Å². The van der Waals surface area contributed by atoms with Crippen molar-refractivity contribution in [2.45, 2.75) is 6.18 Å². The molecule has 144 valence electrons. The van der Waals surface area contributed by atoms with Crippen molar-refractivity contribution in [1.29, 1.82) is 0 Å². The van der Waals surface area contributed by atoms with Crippen LogP contribution >= 0.6 is 0 Å². The zero-order valence-corrected chi connectivity index (χ0v) is 14.9. The lowest BCUT2D eigenvalue weighted by atomic mass is 10.1. The number of halogens is 3. The Hall–Kier alpha value is -2.87. The second-order valence-corrected chi connectivity index (χ2v) is 6.17. The van der Waals surface area contributed by atoms with Crippen LogP contribution in [0.5, 0.6) is 0 Å². The van der Waals surface area contributed by atoms with E-state index in [1.807, 2.05) is 19.0 Å². The highest BCUT2D eigenvalue weighted by Crippen LogP contribution is 2.29. The minimum Gasteiger partial charge on any atom is -0.351 e. The normalized spacial score (nSPS) is 11.3. The van der Waals surface area contributed by atoms with Gasteiger partial charge in [0.05, 0.1) is 5.56 Å². The van der Waals surface area contributed by atoms with Crippen molar-refractivity contribution in [2.24, 2.45) is 0 Å². The van der Waals surface area contributed by atoms with Gasteiger partial charge in [-0.1, -0.05) is 0 Å². The van der Waals surface area contributed by atoms with Crippen LogP contribution in [0.2, 0.25) is 0 Å². The molecule has 8 heteroatoms. The molecule has 2 rings (SSSR count). The maximum atomic E-state index is 12.5. The fourth-order valence-electron chi connectivity index (χ4n) is 2.21. The van der Waals surface area contributed by atoms with Crippen LogP contribution in [-0.4, -0.2) is 43.9 Å². The number of anilines is 1. The molecule has 0 aliphatic heterocycles. The molecule has 2 aromatic rings. The van der Waals surface area contributed by atoms with E-state index in [1.54, 1.807) is 0 Å². The predicted octanol–water partition coefficient (Wildman–Crippen LogP) is 3.25. The number of rotatable bonds is 6. The summed E-state index contributed by atoms with van der Waals surface area (Å²) >= 11 is 0. The van der Waals surface area contributed by atoms with E-state index in [0.29, 0.717) is 24.2 Å². The van der Waals surface area contributed by atoms with Gasteiger partial charge < -0.3 is 15.5 Å². The summed E-state index contributed by atoms with van der Waals surface area (Å²) in [4.78, 5) is 26.1. The van der Waals surface area contributed by atoms with Gasteiger partial charge in [0, 0.05) is 29.9 Å². The number of hydrogen-bond acceptors (Lipinski definition) is 3. The molecule has 0 heterocycles. The summed E-state index contributed by atoms with van der Waals surface area (Å²) in [5.41, 5.74) is 0.170. The summed E-state index contributed by atoms with van der Waals surface area (Å²) in [5.74, 6) is -0.721. The van der Waals surface area contributed by atoms with E-state index in [1.165, 1.54) is 36.4 Å². The first kappa shape index (κ1) is 20.4. The Labute approximate surface area is 155 Å². The molecule has 5 nitrogen and oxygen atoms in total. The van der Waals surface area contributed by atoms with Crippen molar-refractivity contribution in [3.8, 4) is 0 Å². The van der Waals surface area contributed by atoms with E-state index < -0.39 is 17.6 Å². The molecule has 0 radical (unpaired) electrons. The third-order valence-corrected chi connectivity index (χ3v) is 3.72. The number of nitrogens with zero attached hydrogens (tertiary/aromatic N) is 1. The smallest absolute Gasteiger partial charge is 0.351 e. The average Bonchev–Trinajstić information content (AvgIpc) is 2.61. The van der Waals surface area contributed by atoms with Gasteiger partial charge in [-0.2, -0.15) is 13.2 Å². The minimum atomic E-state index is -4.43. The van der Waals surface area contributed by atoms with Crippen LogP contribution in [0.15, 0.2) is 48.5 Å². The van der Waals surface area contributed by atoms with E-state index >= 15 is 0 Å². The molecule has 0 fully saturated rings. The number of carbonyl (C=O) groups is 2. The standard InChI is InChI=1S/C19H20F3N3O2/c1-25(2)12-11-23-17(26)13-3-5-14(6-4-13)18(27)24-16-9-7-15(8-10-16)19(20,21)22/h3-10H,11-12H2,1-2H3,(H,23,26)(H,24,27). The maximum absolute atomic E-state index is 12.5. The Morgan fingerprint density at radius 1 is 0.889 bits per heavy atom. The van der Waals surface area contributed by atoms with Gasteiger partial charge in [0.2, 0.25) is 0 Å². The molecule has 0 aliphatic carbocycles. The Kier molecular flexibility index (Phi) is 6.57. The number of hydrogen-bond donors (Lipinski definition) is 2. The van der Waals surface area contributed by atoms with Gasteiger partial charge in [-0.05, 0) is 62.6 Å². The maximum Gasteiger partial charge on any atom is 0.416 e. The molecule has 2 aromatic carbocycles. The SMILES string of the molecule is CN(C)CCNC(=O)c1ccc(C(=O)Nc2ccc(C(F)(F)F)cc2)cc1.